The van der Waals surface area contributed by atoms with Crippen molar-refractivity contribution in [3.8, 4) is 0 Å². The molecule has 0 aromatic carbocycles. The van der Waals surface area contributed by atoms with Crippen LogP contribution in [0.5, 0.6) is 0 Å². The zero-order valence-corrected chi connectivity index (χ0v) is 8.44. The van der Waals surface area contributed by atoms with E-state index in [4.69, 9.17) is 4.74 Å². The molecule has 0 N–H and O–H groups in total. The van der Waals surface area contributed by atoms with E-state index in [1.807, 2.05) is 0 Å². The van der Waals surface area contributed by atoms with Crippen LogP contribution >= 0.6 is 0 Å². The monoisotopic (exact) mass is 169 g/mol. The molecule has 1 heteroatoms. The highest BCUT2D eigenvalue weighted by atomic mass is 16.5. The standard InChI is InChI=1S/C11H21O/c1-4-8-11(2,9-12-3)10-6-5-7-10/h10H,1,4-9H2,2-3H3. The van der Waals surface area contributed by atoms with E-state index in [0.717, 1.165) is 18.9 Å². The maximum absolute atomic E-state index is 5.29. The normalized spacial score (nSPS) is 23.2. The van der Waals surface area contributed by atoms with Crippen LogP contribution in [0.4, 0.5) is 0 Å². The second kappa shape index (κ2) is 4.27. The summed E-state index contributed by atoms with van der Waals surface area (Å²) in [5, 5.41) is 0. The quantitative estimate of drug-likeness (QED) is 0.614. The van der Waals surface area contributed by atoms with Gasteiger partial charge >= 0.3 is 0 Å². The lowest BCUT2D eigenvalue weighted by Gasteiger charge is -2.42. The molecule has 12 heavy (non-hydrogen) atoms. The summed E-state index contributed by atoms with van der Waals surface area (Å²) in [6.45, 7) is 7.20. The van der Waals surface area contributed by atoms with Crippen molar-refractivity contribution < 1.29 is 4.74 Å². The molecule has 0 bridgehead atoms. The van der Waals surface area contributed by atoms with Crippen molar-refractivity contribution in [2.45, 2.75) is 39.0 Å². The molecular weight excluding hydrogens is 148 g/mol. The molecule has 1 rings (SSSR count). The first kappa shape index (κ1) is 10.0. The first-order valence-electron chi connectivity index (χ1n) is 5.01. The Bertz CT molecular complexity index is 121. The maximum atomic E-state index is 5.29. The molecule has 0 aliphatic heterocycles. The molecule has 1 atom stereocenters. The van der Waals surface area contributed by atoms with E-state index >= 15 is 0 Å². The van der Waals surface area contributed by atoms with Gasteiger partial charge in [0, 0.05) is 7.11 Å². The van der Waals surface area contributed by atoms with Crippen molar-refractivity contribution in [1.82, 2.24) is 0 Å². The van der Waals surface area contributed by atoms with Gasteiger partial charge in [0.05, 0.1) is 6.61 Å². The van der Waals surface area contributed by atoms with Crippen LogP contribution < -0.4 is 0 Å². The number of ether oxygens (including phenoxy) is 1. The van der Waals surface area contributed by atoms with Gasteiger partial charge in [-0.1, -0.05) is 26.7 Å². The molecule has 1 fully saturated rings. The van der Waals surface area contributed by atoms with Crippen molar-refractivity contribution in [3.63, 3.8) is 0 Å². The topological polar surface area (TPSA) is 9.23 Å². The van der Waals surface area contributed by atoms with Crippen LogP contribution in [0.1, 0.15) is 39.0 Å². The van der Waals surface area contributed by atoms with Gasteiger partial charge in [-0.2, -0.15) is 0 Å². The Morgan fingerprint density at radius 2 is 2.17 bits per heavy atom. The average molecular weight is 169 g/mol. The van der Waals surface area contributed by atoms with E-state index in [9.17, 15) is 0 Å². The van der Waals surface area contributed by atoms with Crippen molar-refractivity contribution in [2.24, 2.45) is 11.3 Å². The summed E-state index contributed by atoms with van der Waals surface area (Å²) in [5.41, 5.74) is 0.411. The van der Waals surface area contributed by atoms with E-state index in [2.05, 4.69) is 13.8 Å². The minimum absolute atomic E-state index is 0.411. The third kappa shape index (κ3) is 2.01. The van der Waals surface area contributed by atoms with Gasteiger partial charge < -0.3 is 4.74 Å². The van der Waals surface area contributed by atoms with Gasteiger partial charge in [-0.25, -0.2) is 0 Å². The fourth-order valence-corrected chi connectivity index (χ4v) is 2.23. The summed E-state index contributed by atoms with van der Waals surface area (Å²) in [7, 11) is 1.81. The number of methoxy groups -OCH3 is 1. The summed E-state index contributed by atoms with van der Waals surface area (Å²) in [4.78, 5) is 0. The second-order valence-electron chi connectivity index (χ2n) is 4.32. The lowest BCUT2D eigenvalue weighted by Crippen LogP contribution is -2.36. The summed E-state index contributed by atoms with van der Waals surface area (Å²) in [5.74, 6) is 0.902. The molecule has 0 aromatic rings. The van der Waals surface area contributed by atoms with E-state index in [1.54, 1.807) is 7.11 Å². The van der Waals surface area contributed by atoms with Crippen LogP contribution in [0.3, 0.4) is 0 Å². The Balaban J connectivity index is 2.44. The maximum Gasteiger partial charge on any atom is 0.0518 e. The van der Waals surface area contributed by atoms with Gasteiger partial charge in [0.2, 0.25) is 0 Å². The highest BCUT2D eigenvalue weighted by Crippen LogP contribution is 2.44. The minimum Gasteiger partial charge on any atom is -0.384 e. The summed E-state index contributed by atoms with van der Waals surface area (Å²) in [6, 6.07) is 0. The second-order valence-corrected chi connectivity index (χ2v) is 4.32. The average Bonchev–Trinajstić information content (AvgIpc) is 1.82. The molecule has 1 aliphatic rings. The van der Waals surface area contributed by atoms with Crippen LogP contribution in [0.25, 0.3) is 0 Å². The number of hydrogen-bond donors (Lipinski definition) is 0. The first-order chi connectivity index (χ1) is 5.73. The van der Waals surface area contributed by atoms with E-state index in [0.29, 0.717) is 5.41 Å². The smallest absolute Gasteiger partial charge is 0.0518 e. The molecule has 1 radical (unpaired) electrons. The molecule has 0 saturated heterocycles. The fraction of sp³-hybridized carbons (Fsp3) is 0.909. The van der Waals surface area contributed by atoms with Crippen LogP contribution in [0.2, 0.25) is 0 Å². The summed E-state index contributed by atoms with van der Waals surface area (Å²) >= 11 is 0. The van der Waals surface area contributed by atoms with Crippen LogP contribution in [-0.2, 0) is 4.74 Å². The molecule has 0 heterocycles. The van der Waals surface area contributed by atoms with Crippen LogP contribution in [-0.4, -0.2) is 13.7 Å². The Kier molecular flexibility index (Phi) is 3.57. The van der Waals surface area contributed by atoms with Crippen molar-refractivity contribution >= 4 is 0 Å². The largest absolute Gasteiger partial charge is 0.384 e. The first-order valence-corrected chi connectivity index (χ1v) is 5.01. The van der Waals surface area contributed by atoms with Gasteiger partial charge in [0.1, 0.15) is 0 Å². The number of hydrogen-bond acceptors (Lipinski definition) is 1. The molecule has 1 unspecified atom stereocenters. The third-order valence-electron chi connectivity index (χ3n) is 3.31. The van der Waals surface area contributed by atoms with Gasteiger partial charge in [-0.15, -0.1) is 0 Å². The lowest BCUT2D eigenvalue weighted by atomic mass is 9.65. The van der Waals surface area contributed by atoms with E-state index < -0.39 is 0 Å². The zero-order valence-electron chi connectivity index (χ0n) is 8.44. The van der Waals surface area contributed by atoms with Gasteiger partial charge in [-0.3, -0.25) is 0 Å². The third-order valence-corrected chi connectivity index (χ3v) is 3.31. The molecule has 0 aromatic heterocycles. The Morgan fingerprint density at radius 1 is 1.50 bits per heavy atom. The van der Waals surface area contributed by atoms with Crippen molar-refractivity contribution in [3.05, 3.63) is 6.92 Å². The fourth-order valence-electron chi connectivity index (χ4n) is 2.23. The molecule has 71 valence electrons. The molecule has 0 spiro atoms. The Morgan fingerprint density at radius 3 is 2.50 bits per heavy atom. The molecule has 1 nitrogen and oxygen atoms in total. The molecule has 0 amide bonds. The Labute approximate surface area is 76.5 Å². The predicted octanol–water partition coefficient (Wildman–Crippen LogP) is 3.05. The summed E-state index contributed by atoms with van der Waals surface area (Å²) in [6.07, 6.45) is 6.47. The molecule has 1 aliphatic carbocycles. The molecule has 1 saturated carbocycles. The Hall–Kier alpha value is -0.0400. The predicted molar refractivity (Wildman–Crippen MR) is 51.9 cm³/mol. The summed E-state index contributed by atoms with van der Waals surface area (Å²) < 4.78 is 5.29. The van der Waals surface area contributed by atoms with Crippen LogP contribution in [0, 0.1) is 18.3 Å². The van der Waals surface area contributed by atoms with Crippen LogP contribution in [0.15, 0.2) is 0 Å². The van der Waals surface area contributed by atoms with Gasteiger partial charge in [0.25, 0.3) is 0 Å². The SMILES string of the molecule is [CH2]CCC(C)(COC)C1CCC1. The molecular formula is C11H21O. The highest BCUT2D eigenvalue weighted by Gasteiger charge is 2.36. The van der Waals surface area contributed by atoms with E-state index in [1.165, 1.54) is 25.7 Å². The lowest BCUT2D eigenvalue weighted by molar-refractivity contribution is 0.00565. The minimum atomic E-state index is 0.411. The number of rotatable bonds is 5. The van der Waals surface area contributed by atoms with Gasteiger partial charge in [0.15, 0.2) is 0 Å². The van der Waals surface area contributed by atoms with Gasteiger partial charge in [-0.05, 0) is 30.6 Å². The van der Waals surface area contributed by atoms with Crippen molar-refractivity contribution in [2.75, 3.05) is 13.7 Å². The highest BCUT2D eigenvalue weighted by molar-refractivity contribution is 4.87. The van der Waals surface area contributed by atoms with E-state index in [-0.39, 0.29) is 0 Å². The van der Waals surface area contributed by atoms with Crippen molar-refractivity contribution in [1.29, 1.82) is 0 Å². The zero-order chi connectivity index (χ0) is 9.03.